The van der Waals surface area contributed by atoms with Gasteiger partial charge in [0, 0.05) is 32.6 Å². The maximum atomic E-state index is 13.2. The van der Waals surface area contributed by atoms with Gasteiger partial charge in [0.15, 0.2) is 0 Å². The molecule has 0 aliphatic carbocycles. The average molecular weight is 381 g/mol. The summed E-state index contributed by atoms with van der Waals surface area (Å²) in [6.45, 7) is 4.82. The molecular weight excluding hydrogens is 358 g/mol. The standard InChI is InChI=1S/C19H23N7O2/c1-2-6-17-22-19(23-28-17)25-10-5-9-24(11-12-25)18(27)15-7-3-4-8-16(15)26-14-20-13-21-26/h3-4,7-8,13-14H,2,5-6,9-12H2,1H3. The number of carbonyl (C=O) groups is 1. The summed E-state index contributed by atoms with van der Waals surface area (Å²) in [5, 5.41) is 8.26. The van der Waals surface area contributed by atoms with Crippen LogP contribution in [0.4, 0.5) is 5.95 Å². The van der Waals surface area contributed by atoms with Crippen molar-refractivity contribution in [3.05, 3.63) is 48.4 Å². The second-order valence-electron chi connectivity index (χ2n) is 6.73. The van der Waals surface area contributed by atoms with E-state index in [1.807, 2.05) is 29.2 Å². The van der Waals surface area contributed by atoms with Gasteiger partial charge in [0.2, 0.25) is 5.89 Å². The maximum Gasteiger partial charge on any atom is 0.266 e. The van der Waals surface area contributed by atoms with Crippen LogP contribution in [0.15, 0.2) is 41.4 Å². The first-order valence-corrected chi connectivity index (χ1v) is 9.57. The number of aromatic nitrogens is 5. The van der Waals surface area contributed by atoms with Gasteiger partial charge in [0.1, 0.15) is 12.7 Å². The Morgan fingerprint density at radius 2 is 2.07 bits per heavy atom. The van der Waals surface area contributed by atoms with E-state index in [9.17, 15) is 4.79 Å². The van der Waals surface area contributed by atoms with Gasteiger partial charge in [0.25, 0.3) is 11.9 Å². The fourth-order valence-electron chi connectivity index (χ4n) is 3.37. The number of hydrogen-bond donors (Lipinski definition) is 0. The number of amides is 1. The largest absolute Gasteiger partial charge is 0.337 e. The highest BCUT2D eigenvalue weighted by Crippen LogP contribution is 2.18. The van der Waals surface area contributed by atoms with Gasteiger partial charge in [-0.15, -0.1) is 0 Å². The van der Waals surface area contributed by atoms with Gasteiger partial charge in [-0.05, 0) is 30.1 Å². The van der Waals surface area contributed by atoms with Crippen LogP contribution in [0.3, 0.4) is 0 Å². The molecule has 0 bridgehead atoms. The van der Waals surface area contributed by atoms with Crippen LogP contribution in [-0.2, 0) is 6.42 Å². The summed E-state index contributed by atoms with van der Waals surface area (Å²) in [4.78, 5) is 25.6. The van der Waals surface area contributed by atoms with Crippen molar-refractivity contribution in [2.24, 2.45) is 0 Å². The topological polar surface area (TPSA) is 93.2 Å². The van der Waals surface area contributed by atoms with Crippen LogP contribution in [0.1, 0.15) is 36.0 Å². The Hall–Kier alpha value is -3.23. The second-order valence-corrected chi connectivity index (χ2v) is 6.73. The van der Waals surface area contributed by atoms with Crippen LogP contribution < -0.4 is 4.90 Å². The highest BCUT2D eigenvalue weighted by atomic mass is 16.5. The number of carbonyl (C=O) groups excluding carboxylic acids is 1. The van der Waals surface area contributed by atoms with Crippen molar-refractivity contribution in [3.63, 3.8) is 0 Å². The number of hydrogen-bond acceptors (Lipinski definition) is 7. The average Bonchev–Trinajstić information content (AvgIpc) is 3.36. The van der Waals surface area contributed by atoms with E-state index in [0.29, 0.717) is 37.0 Å². The zero-order chi connectivity index (χ0) is 19.3. The molecule has 0 spiro atoms. The van der Waals surface area contributed by atoms with Crippen LogP contribution >= 0.6 is 0 Å². The van der Waals surface area contributed by atoms with Gasteiger partial charge >= 0.3 is 0 Å². The lowest BCUT2D eigenvalue weighted by Crippen LogP contribution is -2.36. The molecule has 4 rings (SSSR count). The predicted molar refractivity (Wildman–Crippen MR) is 102 cm³/mol. The van der Waals surface area contributed by atoms with Crippen molar-refractivity contribution < 1.29 is 9.32 Å². The first-order chi connectivity index (χ1) is 13.8. The van der Waals surface area contributed by atoms with Crippen molar-refractivity contribution >= 4 is 11.9 Å². The minimum absolute atomic E-state index is 0.00673. The highest BCUT2D eigenvalue weighted by molar-refractivity contribution is 5.97. The zero-order valence-corrected chi connectivity index (χ0v) is 15.9. The zero-order valence-electron chi connectivity index (χ0n) is 15.9. The molecule has 0 unspecified atom stereocenters. The molecule has 1 aromatic carbocycles. The molecule has 3 aromatic rings. The second kappa shape index (κ2) is 8.20. The molecule has 1 amide bonds. The van der Waals surface area contributed by atoms with E-state index in [0.717, 1.165) is 31.5 Å². The molecule has 1 aliphatic rings. The first-order valence-electron chi connectivity index (χ1n) is 9.57. The Morgan fingerprint density at radius 3 is 2.89 bits per heavy atom. The summed E-state index contributed by atoms with van der Waals surface area (Å²) in [6.07, 6.45) is 5.65. The highest BCUT2D eigenvalue weighted by Gasteiger charge is 2.24. The monoisotopic (exact) mass is 381 g/mol. The van der Waals surface area contributed by atoms with Crippen LogP contribution in [-0.4, -0.2) is 61.9 Å². The Kier molecular flexibility index (Phi) is 5.31. The van der Waals surface area contributed by atoms with Crippen molar-refractivity contribution in [2.45, 2.75) is 26.2 Å². The fourth-order valence-corrected chi connectivity index (χ4v) is 3.37. The number of anilines is 1. The Morgan fingerprint density at radius 1 is 1.18 bits per heavy atom. The summed E-state index contributed by atoms with van der Waals surface area (Å²) in [5.74, 6) is 1.27. The summed E-state index contributed by atoms with van der Waals surface area (Å²) in [6, 6.07) is 7.47. The lowest BCUT2D eigenvalue weighted by molar-refractivity contribution is 0.0767. The number of aryl methyl sites for hydroxylation is 1. The lowest BCUT2D eigenvalue weighted by Gasteiger charge is -2.22. The quantitative estimate of drug-likeness (QED) is 0.667. The molecule has 28 heavy (non-hydrogen) atoms. The third-order valence-corrected chi connectivity index (χ3v) is 4.79. The number of rotatable bonds is 5. The Labute approximate surface area is 163 Å². The van der Waals surface area contributed by atoms with Crippen LogP contribution in [0.5, 0.6) is 0 Å². The first kappa shape index (κ1) is 18.1. The molecule has 9 nitrogen and oxygen atoms in total. The van der Waals surface area contributed by atoms with Crippen LogP contribution in [0.25, 0.3) is 5.69 Å². The normalized spacial score (nSPS) is 14.9. The van der Waals surface area contributed by atoms with Crippen molar-refractivity contribution in [1.29, 1.82) is 0 Å². The van der Waals surface area contributed by atoms with Crippen LogP contribution in [0.2, 0.25) is 0 Å². The van der Waals surface area contributed by atoms with Crippen molar-refractivity contribution in [2.75, 3.05) is 31.1 Å². The summed E-state index contributed by atoms with van der Waals surface area (Å²) >= 11 is 0. The molecule has 0 saturated carbocycles. The van der Waals surface area contributed by atoms with Crippen LogP contribution in [0, 0.1) is 0 Å². The summed E-state index contributed by atoms with van der Waals surface area (Å²) in [7, 11) is 0. The predicted octanol–water partition coefficient (Wildman–Crippen LogP) is 1.96. The summed E-state index contributed by atoms with van der Waals surface area (Å²) in [5.41, 5.74) is 1.35. The number of para-hydroxylation sites is 1. The molecule has 1 aliphatic heterocycles. The molecule has 1 saturated heterocycles. The molecule has 0 radical (unpaired) electrons. The SMILES string of the molecule is CCCc1nc(N2CCCN(C(=O)c3ccccc3-n3cncn3)CC2)no1. The minimum Gasteiger partial charge on any atom is -0.337 e. The molecule has 3 heterocycles. The smallest absolute Gasteiger partial charge is 0.266 e. The molecular formula is C19H23N7O2. The lowest BCUT2D eigenvalue weighted by atomic mass is 10.1. The Balaban J connectivity index is 1.48. The minimum atomic E-state index is -0.00673. The molecule has 0 N–H and O–H groups in total. The molecule has 9 heteroatoms. The van der Waals surface area contributed by atoms with Gasteiger partial charge in [-0.1, -0.05) is 19.1 Å². The third-order valence-electron chi connectivity index (χ3n) is 4.79. The van der Waals surface area contributed by atoms with E-state index in [-0.39, 0.29) is 5.91 Å². The van der Waals surface area contributed by atoms with E-state index in [4.69, 9.17) is 4.52 Å². The van der Waals surface area contributed by atoms with Gasteiger partial charge in [-0.3, -0.25) is 4.79 Å². The molecule has 2 aromatic heterocycles. The van der Waals surface area contributed by atoms with Gasteiger partial charge in [-0.2, -0.15) is 10.1 Å². The van der Waals surface area contributed by atoms with Gasteiger partial charge < -0.3 is 14.3 Å². The van der Waals surface area contributed by atoms with E-state index in [2.05, 4.69) is 32.0 Å². The fraction of sp³-hybridized carbons (Fsp3) is 0.421. The van der Waals surface area contributed by atoms with E-state index in [1.54, 1.807) is 11.0 Å². The van der Waals surface area contributed by atoms with Gasteiger partial charge in [-0.25, -0.2) is 9.67 Å². The number of benzene rings is 1. The van der Waals surface area contributed by atoms with Crippen molar-refractivity contribution in [1.82, 2.24) is 29.8 Å². The van der Waals surface area contributed by atoms with E-state index < -0.39 is 0 Å². The molecule has 1 fully saturated rings. The van der Waals surface area contributed by atoms with E-state index in [1.165, 1.54) is 6.33 Å². The van der Waals surface area contributed by atoms with Gasteiger partial charge in [0.05, 0.1) is 11.3 Å². The Bertz CT molecular complexity index is 922. The number of nitrogens with zero attached hydrogens (tertiary/aromatic N) is 7. The van der Waals surface area contributed by atoms with Crippen molar-refractivity contribution in [3.8, 4) is 5.69 Å². The third kappa shape index (κ3) is 3.73. The maximum absolute atomic E-state index is 13.2. The summed E-state index contributed by atoms with van der Waals surface area (Å²) < 4.78 is 6.92. The van der Waals surface area contributed by atoms with E-state index >= 15 is 0 Å². The molecule has 146 valence electrons. The molecule has 0 atom stereocenters.